The van der Waals surface area contributed by atoms with Gasteiger partial charge in [0.15, 0.2) is 0 Å². The smallest absolute Gasteiger partial charge is 0.243 e. The van der Waals surface area contributed by atoms with Gasteiger partial charge in [-0.15, -0.1) is 0 Å². The van der Waals surface area contributed by atoms with Crippen LogP contribution in [0.2, 0.25) is 0 Å². The number of benzene rings is 2. The van der Waals surface area contributed by atoms with E-state index in [1.807, 2.05) is 35.1 Å². The summed E-state index contributed by atoms with van der Waals surface area (Å²) in [6, 6.07) is 11.6. The predicted octanol–water partition coefficient (Wildman–Crippen LogP) is 1.60. The van der Waals surface area contributed by atoms with Crippen LogP contribution in [-0.4, -0.2) is 27.4 Å². The highest BCUT2D eigenvalue weighted by atomic mass is 32.2. The first-order valence-electron chi connectivity index (χ1n) is 7.14. The van der Waals surface area contributed by atoms with Gasteiger partial charge in [-0.3, -0.25) is 4.79 Å². The number of halogens is 2. The number of hydrogen-bond acceptors (Lipinski definition) is 3. The van der Waals surface area contributed by atoms with E-state index in [4.69, 9.17) is 0 Å². The Hall–Kier alpha value is -2.32. The Bertz CT molecular complexity index is 811. The molecule has 8 heteroatoms. The molecule has 0 spiro atoms. The van der Waals surface area contributed by atoms with E-state index in [1.54, 1.807) is 0 Å². The zero-order chi connectivity index (χ0) is 17.6. The summed E-state index contributed by atoms with van der Waals surface area (Å²) in [5.41, 5.74) is 1.03. The van der Waals surface area contributed by atoms with Gasteiger partial charge in [-0.2, -0.15) is 0 Å². The number of sulfonamides is 1. The third kappa shape index (κ3) is 5.10. The topological polar surface area (TPSA) is 75.3 Å². The molecule has 0 radical (unpaired) electrons. The van der Waals surface area contributed by atoms with Crippen molar-refractivity contribution >= 4 is 15.9 Å². The van der Waals surface area contributed by atoms with Crippen molar-refractivity contribution in [1.29, 1.82) is 0 Å². The molecule has 0 aromatic heterocycles. The van der Waals surface area contributed by atoms with Crippen molar-refractivity contribution in [2.45, 2.75) is 11.3 Å². The second-order valence-corrected chi connectivity index (χ2v) is 6.72. The fourth-order valence-electron chi connectivity index (χ4n) is 1.98. The highest BCUT2D eigenvalue weighted by Crippen LogP contribution is 2.14. The van der Waals surface area contributed by atoms with Gasteiger partial charge in [0, 0.05) is 12.6 Å². The molecule has 0 bridgehead atoms. The molecule has 0 fully saturated rings. The molecule has 2 rings (SSSR count). The number of carbonyl (C=O) groups is 1. The van der Waals surface area contributed by atoms with Crippen LogP contribution in [0, 0.1) is 11.6 Å². The molecule has 0 saturated heterocycles. The van der Waals surface area contributed by atoms with Crippen LogP contribution in [0.3, 0.4) is 0 Å². The molecule has 0 saturated carbocycles. The molecule has 2 N–H and O–H groups in total. The fraction of sp³-hybridized carbons (Fsp3) is 0.188. The summed E-state index contributed by atoms with van der Waals surface area (Å²) in [6.45, 7) is -0.191. The predicted molar refractivity (Wildman–Crippen MR) is 84.7 cm³/mol. The molecule has 0 aliphatic heterocycles. The maximum Gasteiger partial charge on any atom is 0.243 e. The first-order valence-corrected chi connectivity index (χ1v) is 8.62. The Morgan fingerprint density at radius 1 is 1.04 bits per heavy atom. The molecule has 0 atom stereocenters. The third-order valence-electron chi connectivity index (χ3n) is 3.18. The van der Waals surface area contributed by atoms with E-state index < -0.39 is 39.0 Å². The average Bonchev–Trinajstić information content (AvgIpc) is 2.54. The lowest BCUT2D eigenvalue weighted by molar-refractivity contribution is -0.119. The summed E-state index contributed by atoms with van der Waals surface area (Å²) in [4.78, 5) is 11.0. The van der Waals surface area contributed by atoms with Crippen LogP contribution >= 0.6 is 0 Å². The van der Waals surface area contributed by atoms with Gasteiger partial charge < -0.3 is 5.32 Å². The first kappa shape index (κ1) is 18.0. The Kier molecular flexibility index (Phi) is 5.99. The molecule has 0 aliphatic carbocycles. The fourth-order valence-corrected chi connectivity index (χ4v) is 3.02. The quantitative estimate of drug-likeness (QED) is 0.793. The molecule has 0 unspecified atom stereocenters. The molecule has 1 amide bonds. The van der Waals surface area contributed by atoms with E-state index in [0.717, 1.165) is 17.7 Å². The van der Waals surface area contributed by atoms with Crippen LogP contribution in [-0.2, 0) is 21.2 Å². The summed E-state index contributed by atoms with van der Waals surface area (Å²) < 4.78 is 52.1. The summed E-state index contributed by atoms with van der Waals surface area (Å²) in [5, 5.41) is 2.56. The minimum Gasteiger partial charge on any atom is -0.355 e. The van der Waals surface area contributed by atoms with Crippen LogP contribution in [0.1, 0.15) is 5.56 Å². The van der Waals surface area contributed by atoms with E-state index in [9.17, 15) is 22.0 Å². The zero-order valence-corrected chi connectivity index (χ0v) is 13.4. The number of hydrogen-bond donors (Lipinski definition) is 2. The van der Waals surface area contributed by atoms with Crippen molar-refractivity contribution in [3.63, 3.8) is 0 Å². The van der Waals surface area contributed by atoms with E-state index in [-0.39, 0.29) is 0 Å². The molecule has 24 heavy (non-hydrogen) atoms. The lowest BCUT2D eigenvalue weighted by atomic mass is 10.1. The number of carbonyl (C=O) groups excluding carboxylic acids is 1. The van der Waals surface area contributed by atoms with Crippen LogP contribution in [0.5, 0.6) is 0 Å². The number of nitrogens with one attached hydrogen (secondary N) is 2. The van der Waals surface area contributed by atoms with Crippen molar-refractivity contribution in [1.82, 2.24) is 10.0 Å². The van der Waals surface area contributed by atoms with Crippen LogP contribution in [0.25, 0.3) is 0 Å². The summed E-state index contributed by atoms with van der Waals surface area (Å²) in [5.74, 6) is -2.64. The van der Waals surface area contributed by atoms with E-state index in [2.05, 4.69) is 5.32 Å². The van der Waals surface area contributed by atoms with Gasteiger partial charge in [-0.25, -0.2) is 21.9 Å². The van der Waals surface area contributed by atoms with Gasteiger partial charge in [-0.05, 0) is 24.1 Å². The number of amides is 1. The number of rotatable bonds is 7. The van der Waals surface area contributed by atoms with Gasteiger partial charge in [0.1, 0.15) is 16.5 Å². The molecule has 2 aromatic carbocycles. The lowest BCUT2D eigenvalue weighted by Gasteiger charge is -2.08. The maximum atomic E-state index is 13.5. The normalized spacial score (nSPS) is 11.2. The Morgan fingerprint density at radius 3 is 2.42 bits per heavy atom. The summed E-state index contributed by atoms with van der Waals surface area (Å²) in [7, 11) is -4.23. The minimum absolute atomic E-state index is 0.343. The van der Waals surface area contributed by atoms with Crippen LogP contribution < -0.4 is 10.0 Å². The van der Waals surface area contributed by atoms with E-state index >= 15 is 0 Å². The van der Waals surface area contributed by atoms with Crippen molar-refractivity contribution in [2.75, 3.05) is 13.1 Å². The highest BCUT2D eigenvalue weighted by Gasteiger charge is 2.20. The Balaban J connectivity index is 1.84. The second-order valence-electron chi connectivity index (χ2n) is 4.98. The lowest BCUT2D eigenvalue weighted by Crippen LogP contribution is -2.37. The zero-order valence-electron chi connectivity index (χ0n) is 12.6. The average molecular weight is 354 g/mol. The van der Waals surface area contributed by atoms with Crippen molar-refractivity contribution in [3.05, 3.63) is 65.7 Å². The Morgan fingerprint density at radius 2 is 1.75 bits per heavy atom. The molecular formula is C16H16F2N2O3S. The van der Waals surface area contributed by atoms with Gasteiger partial charge in [-0.1, -0.05) is 30.3 Å². The van der Waals surface area contributed by atoms with Crippen molar-refractivity contribution < 1.29 is 22.0 Å². The summed E-state index contributed by atoms with van der Waals surface area (Å²) >= 11 is 0. The monoisotopic (exact) mass is 354 g/mol. The van der Waals surface area contributed by atoms with Crippen LogP contribution in [0.4, 0.5) is 8.78 Å². The molecule has 2 aromatic rings. The highest BCUT2D eigenvalue weighted by molar-refractivity contribution is 7.89. The standard InChI is InChI=1S/C16H16F2N2O3S/c17-13-6-7-15(14(18)10-13)24(22,23)20-11-16(21)19-9-8-12-4-2-1-3-5-12/h1-7,10,20H,8-9,11H2,(H,19,21). The molecule has 128 valence electrons. The first-order chi connectivity index (χ1) is 11.4. The largest absolute Gasteiger partial charge is 0.355 e. The van der Waals surface area contributed by atoms with Gasteiger partial charge in [0.05, 0.1) is 6.54 Å². The molecule has 5 nitrogen and oxygen atoms in total. The SMILES string of the molecule is O=C(CNS(=O)(=O)c1ccc(F)cc1F)NCCc1ccccc1. The molecular weight excluding hydrogens is 338 g/mol. The van der Waals surface area contributed by atoms with Gasteiger partial charge in [0.25, 0.3) is 0 Å². The summed E-state index contributed by atoms with van der Waals surface area (Å²) in [6.07, 6.45) is 0.603. The van der Waals surface area contributed by atoms with Crippen LogP contribution in [0.15, 0.2) is 53.4 Å². The van der Waals surface area contributed by atoms with Gasteiger partial charge in [0.2, 0.25) is 15.9 Å². The van der Waals surface area contributed by atoms with Gasteiger partial charge >= 0.3 is 0 Å². The van der Waals surface area contributed by atoms with Crippen molar-refractivity contribution in [3.8, 4) is 0 Å². The van der Waals surface area contributed by atoms with Crippen molar-refractivity contribution in [2.24, 2.45) is 0 Å². The minimum atomic E-state index is -4.23. The maximum absolute atomic E-state index is 13.5. The third-order valence-corrected chi connectivity index (χ3v) is 4.62. The molecule has 0 aliphatic rings. The van der Waals surface area contributed by atoms with E-state index in [0.29, 0.717) is 19.0 Å². The second kappa shape index (κ2) is 7.98. The molecule has 0 heterocycles. The Labute approximate surface area is 138 Å². The van der Waals surface area contributed by atoms with E-state index in [1.165, 1.54) is 0 Å².